The van der Waals surface area contributed by atoms with Gasteiger partial charge in [-0.3, -0.25) is 4.79 Å². The third kappa shape index (κ3) is 4.25. The fourth-order valence-electron chi connectivity index (χ4n) is 5.91. The first-order chi connectivity index (χ1) is 15.5. The van der Waals surface area contributed by atoms with Gasteiger partial charge in [0.05, 0.1) is 6.04 Å². The number of hydrogen-bond acceptors (Lipinski definition) is 2. The molecule has 0 bridgehead atoms. The lowest BCUT2D eigenvalue weighted by molar-refractivity contribution is -0.135. The summed E-state index contributed by atoms with van der Waals surface area (Å²) in [5.74, 6) is -0.130. The monoisotopic (exact) mass is 486 g/mol. The first kappa shape index (κ1) is 24.0. The molecule has 2 aliphatic rings. The second kappa shape index (κ2) is 9.61. The van der Waals surface area contributed by atoms with Gasteiger partial charge < -0.3 is 10.2 Å². The molecule has 6 heteroatoms. The topological polar surface area (TPSA) is 32.3 Å². The zero-order valence-electron chi connectivity index (χ0n) is 18.7. The molecule has 5 rings (SSSR count). The molecule has 1 unspecified atom stereocenters. The molecule has 0 spiro atoms. The van der Waals surface area contributed by atoms with Gasteiger partial charge in [0.25, 0.3) is 0 Å². The van der Waals surface area contributed by atoms with E-state index < -0.39 is 0 Å². The van der Waals surface area contributed by atoms with Crippen molar-refractivity contribution >= 4 is 40.7 Å². The van der Waals surface area contributed by atoms with Gasteiger partial charge in [-0.25, -0.2) is 4.39 Å². The first-order valence-electron chi connectivity index (χ1n) is 11.4. The minimum atomic E-state index is -0.249. The van der Waals surface area contributed by atoms with Gasteiger partial charge >= 0.3 is 0 Å². The van der Waals surface area contributed by atoms with E-state index in [1.807, 2.05) is 41.3 Å². The van der Waals surface area contributed by atoms with Crippen LogP contribution < -0.4 is 5.32 Å². The maximum atomic E-state index is 13.9. The van der Waals surface area contributed by atoms with E-state index in [-0.39, 0.29) is 41.5 Å². The maximum absolute atomic E-state index is 13.9. The third-order valence-electron chi connectivity index (χ3n) is 7.60. The molecule has 2 saturated heterocycles. The Balaban J connectivity index is 0.00000259. The summed E-state index contributed by atoms with van der Waals surface area (Å²) < 4.78 is 13.7. The van der Waals surface area contributed by atoms with E-state index in [2.05, 4.69) is 24.4 Å². The van der Waals surface area contributed by atoms with Gasteiger partial charge in [0.15, 0.2) is 0 Å². The second-order valence-corrected chi connectivity index (χ2v) is 9.61. The average Bonchev–Trinajstić information content (AvgIpc) is 3.20. The van der Waals surface area contributed by atoms with Crippen molar-refractivity contribution in [3.8, 4) is 0 Å². The standard InChI is InChI=1S/C27H28ClFN2O.ClH/c1-18(24-17-21(28)16-19-4-2-3-5-23(19)24)31-15-10-25(26(31)32)27(11-13-30-14-12-27)20-6-8-22(29)9-7-20;/h2-9,16-18,25,30H,10-15H2,1H3;1H/t18-,25?;/m0./s1. The normalized spacial score (nSPS) is 21.1. The van der Waals surface area contributed by atoms with Crippen LogP contribution in [0.1, 0.15) is 43.4 Å². The summed E-state index contributed by atoms with van der Waals surface area (Å²) in [5.41, 5.74) is 1.92. The molecule has 1 N–H and O–H groups in total. The molecule has 0 saturated carbocycles. The maximum Gasteiger partial charge on any atom is 0.227 e. The number of hydrogen-bond donors (Lipinski definition) is 1. The van der Waals surface area contributed by atoms with Crippen molar-refractivity contribution in [2.45, 2.75) is 37.6 Å². The predicted molar refractivity (Wildman–Crippen MR) is 135 cm³/mol. The van der Waals surface area contributed by atoms with Crippen LogP contribution >= 0.6 is 24.0 Å². The number of piperidine rings is 1. The summed E-state index contributed by atoms with van der Waals surface area (Å²) >= 11 is 6.44. The van der Waals surface area contributed by atoms with Crippen LogP contribution in [0.15, 0.2) is 60.7 Å². The molecule has 0 aliphatic carbocycles. The molecule has 2 heterocycles. The Morgan fingerprint density at radius 3 is 2.52 bits per heavy atom. The fraction of sp³-hybridized carbons (Fsp3) is 0.370. The van der Waals surface area contributed by atoms with Crippen LogP contribution in [0, 0.1) is 11.7 Å². The molecular formula is C27H29Cl2FN2O. The van der Waals surface area contributed by atoms with Crippen LogP contribution in [-0.2, 0) is 10.2 Å². The van der Waals surface area contributed by atoms with Crippen molar-refractivity contribution in [1.29, 1.82) is 0 Å². The molecule has 3 nitrogen and oxygen atoms in total. The SMILES string of the molecule is C[C@@H](c1cc(Cl)cc2ccccc12)N1CCC(C2(c3ccc(F)cc3)CCNCC2)C1=O.Cl. The molecule has 3 aromatic rings. The highest BCUT2D eigenvalue weighted by Gasteiger charge is 2.49. The largest absolute Gasteiger partial charge is 0.336 e. The number of fused-ring (bicyclic) bond motifs is 1. The van der Waals surface area contributed by atoms with Crippen LogP contribution in [0.3, 0.4) is 0 Å². The summed E-state index contributed by atoms with van der Waals surface area (Å²) in [4.78, 5) is 15.9. The Bertz CT molecular complexity index is 1140. The average molecular weight is 487 g/mol. The Labute approximate surface area is 205 Å². The van der Waals surface area contributed by atoms with Gasteiger partial charge in [-0.1, -0.05) is 48.0 Å². The Kier molecular flexibility index (Phi) is 6.99. The highest BCUT2D eigenvalue weighted by atomic mass is 35.5. The third-order valence-corrected chi connectivity index (χ3v) is 7.82. The van der Waals surface area contributed by atoms with E-state index in [9.17, 15) is 9.18 Å². The van der Waals surface area contributed by atoms with Crippen LogP contribution in [0.5, 0.6) is 0 Å². The van der Waals surface area contributed by atoms with Crippen molar-refractivity contribution in [2.75, 3.05) is 19.6 Å². The van der Waals surface area contributed by atoms with Crippen molar-refractivity contribution in [3.63, 3.8) is 0 Å². The van der Waals surface area contributed by atoms with E-state index >= 15 is 0 Å². The lowest BCUT2D eigenvalue weighted by atomic mass is 9.64. The van der Waals surface area contributed by atoms with E-state index in [1.54, 1.807) is 0 Å². The molecular weight excluding hydrogens is 458 g/mol. The molecule has 0 radical (unpaired) electrons. The Morgan fingerprint density at radius 2 is 1.79 bits per heavy atom. The molecule has 2 atom stereocenters. The van der Waals surface area contributed by atoms with Crippen molar-refractivity contribution in [1.82, 2.24) is 10.2 Å². The minimum Gasteiger partial charge on any atom is -0.336 e. The van der Waals surface area contributed by atoms with Crippen LogP contribution in [0.2, 0.25) is 5.02 Å². The van der Waals surface area contributed by atoms with E-state index in [1.165, 1.54) is 12.1 Å². The number of nitrogens with zero attached hydrogens (tertiary/aromatic N) is 1. The number of likely N-dealkylation sites (tertiary alicyclic amines) is 1. The van der Waals surface area contributed by atoms with Gasteiger partial charge in [0.1, 0.15) is 5.82 Å². The molecule has 3 aromatic carbocycles. The smallest absolute Gasteiger partial charge is 0.227 e. The molecule has 174 valence electrons. The van der Waals surface area contributed by atoms with Crippen LogP contribution in [-0.4, -0.2) is 30.4 Å². The van der Waals surface area contributed by atoms with Crippen LogP contribution in [0.4, 0.5) is 4.39 Å². The summed E-state index contributed by atoms with van der Waals surface area (Å²) in [6.45, 7) is 4.57. The lowest BCUT2D eigenvalue weighted by Gasteiger charge is -2.42. The number of amides is 1. The lowest BCUT2D eigenvalue weighted by Crippen LogP contribution is -2.48. The Hall–Kier alpha value is -2.14. The summed E-state index contributed by atoms with van der Waals surface area (Å²) in [6, 6.07) is 18.9. The number of rotatable bonds is 4. The zero-order chi connectivity index (χ0) is 22.3. The van der Waals surface area contributed by atoms with Gasteiger partial charge in [-0.15, -0.1) is 12.4 Å². The van der Waals surface area contributed by atoms with Gasteiger partial charge in [0.2, 0.25) is 5.91 Å². The van der Waals surface area contributed by atoms with Crippen molar-refractivity contribution in [3.05, 3.63) is 82.6 Å². The second-order valence-electron chi connectivity index (χ2n) is 9.18. The van der Waals surface area contributed by atoms with Crippen molar-refractivity contribution in [2.24, 2.45) is 5.92 Å². The summed E-state index contributed by atoms with van der Waals surface area (Å²) in [6.07, 6.45) is 2.59. The number of carbonyl (C=O) groups excluding carboxylic acids is 1. The molecule has 1 amide bonds. The molecule has 2 fully saturated rings. The number of nitrogens with one attached hydrogen (secondary N) is 1. The molecule has 0 aromatic heterocycles. The minimum absolute atomic E-state index is 0. The predicted octanol–water partition coefficient (Wildman–Crippen LogP) is 6.29. The van der Waals surface area contributed by atoms with E-state index in [0.717, 1.165) is 60.8 Å². The highest BCUT2D eigenvalue weighted by molar-refractivity contribution is 6.31. The van der Waals surface area contributed by atoms with Gasteiger partial charge in [0, 0.05) is 22.9 Å². The van der Waals surface area contributed by atoms with Crippen LogP contribution in [0.25, 0.3) is 10.8 Å². The summed E-state index contributed by atoms with van der Waals surface area (Å²) in [5, 5.41) is 6.35. The fourth-order valence-corrected chi connectivity index (χ4v) is 6.14. The van der Waals surface area contributed by atoms with Gasteiger partial charge in [-0.2, -0.15) is 0 Å². The van der Waals surface area contributed by atoms with Crippen molar-refractivity contribution < 1.29 is 9.18 Å². The Morgan fingerprint density at radius 1 is 1.09 bits per heavy atom. The summed E-state index contributed by atoms with van der Waals surface area (Å²) in [7, 11) is 0. The first-order valence-corrected chi connectivity index (χ1v) is 11.8. The molecule has 2 aliphatic heterocycles. The number of halogens is 3. The quantitative estimate of drug-likeness (QED) is 0.470. The molecule has 33 heavy (non-hydrogen) atoms. The zero-order valence-corrected chi connectivity index (χ0v) is 20.3. The van der Waals surface area contributed by atoms with E-state index in [0.29, 0.717) is 5.02 Å². The number of benzene rings is 3. The highest BCUT2D eigenvalue weighted by Crippen LogP contribution is 2.47. The number of carbonyl (C=O) groups is 1. The van der Waals surface area contributed by atoms with E-state index in [4.69, 9.17) is 11.6 Å². The van der Waals surface area contributed by atoms with Gasteiger partial charge in [-0.05, 0) is 85.4 Å².